The van der Waals surface area contributed by atoms with Crippen molar-refractivity contribution in [2.24, 2.45) is 5.73 Å². The van der Waals surface area contributed by atoms with Gasteiger partial charge in [0, 0.05) is 17.7 Å². The fourth-order valence-electron chi connectivity index (χ4n) is 1.33. The Morgan fingerprint density at radius 3 is 2.71 bits per heavy atom. The molecule has 2 nitrogen and oxygen atoms in total. The van der Waals surface area contributed by atoms with E-state index >= 15 is 0 Å². The summed E-state index contributed by atoms with van der Waals surface area (Å²) < 4.78 is 18.9. The monoisotopic (exact) mass is 195 g/mol. The molecule has 0 saturated heterocycles. The van der Waals surface area contributed by atoms with Gasteiger partial charge in [-0.25, -0.2) is 4.39 Å². The molecule has 0 aliphatic heterocycles. The van der Waals surface area contributed by atoms with Crippen LogP contribution in [0.1, 0.15) is 31.4 Å². The van der Waals surface area contributed by atoms with E-state index < -0.39 is 0 Å². The summed E-state index contributed by atoms with van der Waals surface area (Å²) in [5, 5.41) is 0. The first-order valence-corrected chi connectivity index (χ1v) is 4.88. The second kappa shape index (κ2) is 3.58. The SMILES string of the molecule is C[C@@H](N)c1ccc(OC2CC2)cc1F. The first-order chi connectivity index (χ1) is 6.66. The number of hydrogen-bond acceptors (Lipinski definition) is 2. The number of ether oxygens (including phenoxy) is 1. The smallest absolute Gasteiger partial charge is 0.131 e. The summed E-state index contributed by atoms with van der Waals surface area (Å²) in [5.41, 5.74) is 6.13. The van der Waals surface area contributed by atoms with Crippen molar-refractivity contribution < 1.29 is 9.13 Å². The zero-order valence-electron chi connectivity index (χ0n) is 8.16. The van der Waals surface area contributed by atoms with E-state index in [1.54, 1.807) is 19.1 Å². The molecule has 2 rings (SSSR count). The largest absolute Gasteiger partial charge is 0.490 e. The molecule has 3 heteroatoms. The molecule has 1 aromatic carbocycles. The standard InChI is InChI=1S/C11H14FNO/c1-7(13)10-5-4-9(6-11(10)12)14-8-2-3-8/h4-8H,2-3,13H2,1H3/t7-/m1/s1. The van der Waals surface area contributed by atoms with Gasteiger partial charge in [0.1, 0.15) is 11.6 Å². The number of hydrogen-bond donors (Lipinski definition) is 1. The Balaban J connectivity index is 2.16. The Bertz CT molecular complexity index is 334. The molecule has 1 aliphatic rings. The molecule has 1 aromatic rings. The van der Waals surface area contributed by atoms with Gasteiger partial charge in [-0.05, 0) is 25.8 Å². The van der Waals surface area contributed by atoms with Crippen molar-refractivity contribution in [2.45, 2.75) is 31.9 Å². The van der Waals surface area contributed by atoms with Gasteiger partial charge in [-0.15, -0.1) is 0 Å². The third kappa shape index (κ3) is 2.04. The minimum atomic E-state index is -0.279. The van der Waals surface area contributed by atoms with Gasteiger partial charge in [0.15, 0.2) is 0 Å². The lowest BCUT2D eigenvalue weighted by Gasteiger charge is -2.09. The molecule has 76 valence electrons. The van der Waals surface area contributed by atoms with Crippen molar-refractivity contribution in [3.05, 3.63) is 29.6 Å². The van der Waals surface area contributed by atoms with E-state index in [4.69, 9.17) is 10.5 Å². The highest BCUT2D eigenvalue weighted by Crippen LogP contribution is 2.28. The number of rotatable bonds is 3. The molecule has 0 heterocycles. The molecule has 0 bridgehead atoms. The molecule has 2 N–H and O–H groups in total. The molecular weight excluding hydrogens is 181 g/mol. The van der Waals surface area contributed by atoms with Crippen molar-refractivity contribution in [3.8, 4) is 5.75 Å². The van der Waals surface area contributed by atoms with E-state index in [-0.39, 0.29) is 11.9 Å². The predicted molar refractivity (Wildman–Crippen MR) is 52.7 cm³/mol. The maximum absolute atomic E-state index is 13.4. The van der Waals surface area contributed by atoms with E-state index in [2.05, 4.69) is 0 Å². The summed E-state index contributed by atoms with van der Waals surface area (Å²) in [6.07, 6.45) is 2.46. The van der Waals surface area contributed by atoms with Gasteiger partial charge >= 0.3 is 0 Å². The predicted octanol–water partition coefficient (Wildman–Crippen LogP) is 2.39. The third-order valence-electron chi connectivity index (χ3n) is 2.29. The van der Waals surface area contributed by atoms with Crippen LogP contribution in [0.2, 0.25) is 0 Å². The van der Waals surface area contributed by atoms with Crippen molar-refractivity contribution in [2.75, 3.05) is 0 Å². The summed E-state index contributed by atoms with van der Waals surface area (Å²) >= 11 is 0. The summed E-state index contributed by atoms with van der Waals surface area (Å²) in [6.45, 7) is 1.76. The van der Waals surface area contributed by atoms with Crippen LogP contribution in [0.3, 0.4) is 0 Å². The van der Waals surface area contributed by atoms with E-state index in [0.717, 1.165) is 12.8 Å². The van der Waals surface area contributed by atoms with Gasteiger partial charge in [0.25, 0.3) is 0 Å². The lowest BCUT2D eigenvalue weighted by atomic mass is 10.1. The van der Waals surface area contributed by atoms with Crippen molar-refractivity contribution in [1.82, 2.24) is 0 Å². The summed E-state index contributed by atoms with van der Waals surface area (Å²) in [7, 11) is 0. The molecular formula is C11H14FNO. The van der Waals surface area contributed by atoms with Gasteiger partial charge in [0.05, 0.1) is 6.10 Å². The van der Waals surface area contributed by atoms with Crippen LogP contribution in [0.25, 0.3) is 0 Å². The van der Waals surface area contributed by atoms with Gasteiger partial charge in [-0.3, -0.25) is 0 Å². The fourth-order valence-corrected chi connectivity index (χ4v) is 1.33. The number of nitrogens with two attached hydrogens (primary N) is 1. The van der Waals surface area contributed by atoms with Crippen LogP contribution in [0.15, 0.2) is 18.2 Å². The zero-order valence-corrected chi connectivity index (χ0v) is 8.16. The first kappa shape index (κ1) is 9.46. The Hall–Kier alpha value is -1.09. The highest BCUT2D eigenvalue weighted by Gasteiger charge is 2.23. The summed E-state index contributed by atoms with van der Waals surface area (Å²) in [5.74, 6) is 0.326. The Labute approximate surface area is 82.9 Å². The van der Waals surface area contributed by atoms with Crippen LogP contribution < -0.4 is 10.5 Å². The highest BCUT2D eigenvalue weighted by atomic mass is 19.1. The van der Waals surface area contributed by atoms with Crippen LogP contribution in [-0.4, -0.2) is 6.10 Å². The van der Waals surface area contributed by atoms with Crippen molar-refractivity contribution >= 4 is 0 Å². The molecule has 1 saturated carbocycles. The first-order valence-electron chi connectivity index (χ1n) is 4.88. The third-order valence-corrected chi connectivity index (χ3v) is 2.29. The van der Waals surface area contributed by atoms with E-state index in [0.29, 0.717) is 17.4 Å². The zero-order chi connectivity index (χ0) is 10.1. The van der Waals surface area contributed by atoms with Gasteiger partial charge < -0.3 is 10.5 Å². The molecule has 14 heavy (non-hydrogen) atoms. The molecule has 1 fully saturated rings. The van der Waals surface area contributed by atoms with Crippen LogP contribution in [0.5, 0.6) is 5.75 Å². The normalized spacial score (nSPS) is 17.9. The number of halogens is 1. The Kier molecular flexibility index (Phi) is 2.42. The maximum atomic E-state index is 13.4. The van der Waals surface area contributed by atoms with Gasteiger partial charge in [0.2, 0.25) is 0 Å². The molecule has 0 radical (unpaired) electrons. The van der Waals surface area contributed by atoms with Crippen LogP contribution in [-0.2, 0) is 0 Å². The van der Waals surface area contributed by atoms with E-state index in [9.17, 15) is 4.39 Å². The van der Waals surface area contributed by atoms with E-state index in [1.807, 2.05) is 0 Å². The second-order valence-corrected chi connectivity index (χ2v) is 3.79. The average molecular weight is 195 g/mol. The minimum Gasteiger partial charge on any atom is -0.490 e. The molecule has 0 amide bonds. The molecule has 0 spiro atoms. The minimum absolute atomic E-state index is 0.273. The van der Waals surface area contributed by atoms with Crippen molar-refractivity contribution in [3.63, 3.8) is 0 Å². The van der Waals surface area contributed by atoms with Crippen molar-refractivity contribution in [1.29, 1.82) is 0 Å². The lowest BCUT2D eigenvalue weighted by molar-refractivity contribution is 0.301. The maximum Gasteiger partial charge on any atom is 0.131 e. The summed E-state index contributed by atoms with van der Waals surface area (Å²) in [4.78, 5) is 0. The quantitative estimate of drug-likeness (QED) is 0.803. The van der Waals surface area contributed by atoms with Gasteiger partial charge in [-0.2, -0.15) is 0 Å². The van der Waals surface area contributed by atoms with Crippen LogP contribution in [0.4, 0.5) is 4.39 Å². The Morgan fingerprint density at radius 1 is 1.50 bits per heavy atom. The lowest BCUT2D eigenvalue weighted by Crippen LogP contribution is -2.07. The van der Waals surface area contributed by atoms with E-state index in [1.165, 1.54) is 6.07 Å². The highest BCUT2D eigenvalue weighted by molar-refractivity contribution is 5.30. The molecule has 0 unspecified atom stereocenters. The number of benzene rings is 1. The fraction of sp³-hybridized carbons (Fsp3) is 0.455. The van der Waals surface area contributed by atoms with Gasteiger partial charge in [-0.1, -0.05) is 6.07 Å². The molecule has 0 aromatic heterocycles. The topological polar surface area (TPSA) is 35.2 Å². The molecule has 1 aliphatic carbocycles. The van der Waals surface area contributed by atoms with Crippen LogP contribution in [0, 0.1) is 5.82 Å². The molecule has 1 atom stereocenters. The summed E-state index contributed by atoms with van der Waals surface area (Å²) in [6, 6.07) is 4.61. The Morgan fingerprint density at radius 2 is 2.21 bits per heavy atom. The van der Waals surface area contributed by atoms with Crippen LogP contribution >= 0.6 is 0 Å². The second-order valence-electron chi connectivity index (χ2n) is 3.79. The average Bonchev–Trinajstić information content (AvgIpc) is 2.87.